The van der Waals surface area contributed by atoms with Crippen molar-refractivity contribution in [2.24, 2.45) is 36.2 Å². The van der Waals surface area contributed by atoms with E-state index in [1.54, 1.807) is 43.2 Å². The van der Waals surface area contributed by atoms with Crippen molar-refractivity contribution >= 4 is 45.0 Å². The molecule has 294 valence electrons. The molecule has 2 aliphatic heterocycles. The summed E-state index contributed by atoms with van der Waals surface area (Å²) < 4.78 is 37.4. The van der Waals surface area contributed by atoms with Gasteiger partial charge in [0, 0.05) is 61.5 Å². The second kappa shape index (κ2) is 15.2. The minimum atomic E-state index is -3.62. The summed E-state index contributed by atoms with van der Waals surface area (Å²) in [5.41, 5.74) is 3.63. The Labute approximate surface area is 331 Å². The molecule has 1 spiro atoms. The van der Waals surface area contributed by atoms with E-state index < -0.39 is 33.8 Å². The molecule has 13 nitrogen and oxygen atoms in total. The number of hydrogen-bond acceptors (Lipinski definition) is 9. The summed E-state index contributed by atoms with van der Waals surface area (Å²) in [5.74, 6) is -1.32. The zero-order valence-electron chi connectivity index (χ0n) is 31.7. The summed E-state index contributed by atoms with van der Waals surface area (Å²) in [5, 5.41) is 8.93. The van der Waals surface area contributed by atoms with Gasteiger partial charge in [0.25, 0.3) is 11.8 Å². The summed E-state index contributed by atoms with van der Waals surface area (Å²) in [7, 11) is -0.195. The number of nitrogens with one attached hydrogen (secondary N) is 1. The van der Waals surface area contributed by atoms with Crippen molar-refractivity contribution in [1.29, 1.82) is 0 Å². The third-order valence-electron chi connectivity index (χ3n) is 11.6. The number of esters is 1. The van der Waals surface area contributed by atoms with E-state index in [4.69, 9.17) is 21.1 Å². The highest BCUT2D eigenvalue weighted by atomic mass is 35.5. The quantitative estimate of drug-likeness (QED) is 0.192. The van der Waals surface area contributed by atoms with Gasteiger partial charge in [-0.3, -0.25) is 23.7 Å². The summed E-state index contributed by atoms with van der Waals surface area (Å²) in [6.07, 6.45) is 14.4. The SMILES string of the molecule is C[C@H]1C/C=C/[C@H](OC(=O)c2cnn(C)c2)[C@@H]2CC[C@H]2CN2C[C@@]3(CCCc4cc(Cl)ccc43)COc3ccc(cc32)C(=O)N=S(=O)(NC(=O)c2cnn(C)c2)C1. The molecule has 4 aliphatic rings. The minimum absolute atomic E-state index is 0.0268. The number of fused-ring (bicyclic) bond motifs is 4. The highest BCUT2D eigenvalue weighted by molar-refractivity contribution is 7.92. The van der Waals surface area contributed by atoms with E-state index in [-0.39, 0.29) is 40.0 Å². The van der Waals surface area contributed by atoms with Crippen molar-refractivity contribution in [3.63, 3.8) is 0 Å². The predicted octanol–water partition coefficient (Wildman–Crippen LogP) is 6.08. The maximum Gasteiger partial charge on any atom is 0.341 e. The Bertz CT molecular complexity index is 2350. The van der Waals surface area contributed by atoms with Gasteiger partial charge < -0.3 is 14.4 Å². The van der Waals surface area contributed by atoms with Crippen LogP contribution in [0.4, 0.5) is 5.69 Å². The lowest BCUT2D eigenvalue weighted by atomic mass is 9.68. The van der Waals surface area contributed by atoms with Crippen LogP contribution in [0.15, 0.2) is 77.7 Å². The molecule has 0 saturated heterocycles. The summed E-state index contributed by atoms with van der Waals surface area (Å²) in [4.78, 5) is 43.2. The van der Waals surface area contributed by atoms with Gasteiger partial charge in [0.05, 0.1) is 41.6 Å². The molecule has 0 radical (unpaired) electrons. The summed E-state index contributed by atoms with van der Waals surface area (Å²) in [6.45, 7) is 3.58. The Morgan fingerprint density at radius 2 is 1.84 bits per heavy atom. The summed E-state index contributed by atoms with van der Waals surface area (Å²) in [6, 6.07) is 11.3. The number of benzene rings is 2. The number of aromatic nitrogens is 4. The van der Waals surface area contributed by atoms with E-state index >= 15 is 0 Å². The first kappa shape index (κ1) is 37.9. The van der Waals surface area contributed by atoms with Crippen molar-refractivity contribution in [3.05, 3.63) is 106 Å². The van der Waals surface area contributed by atoms with Gasteiger partial charge in [0.2, 0.25) is 0 Å². The Morgan fingerprint density at radius 1 is 1.05 bits per heavy atom. The molecule has 8 rings (SSSR count). The highest BCUT2D eigenvalue weighted by Crippen LogP contribution is 2.47. The highest BCUT2D eigenvalue weighted by Gasteiger charge is 2.45. The maximum atomic E-state index is 14.6. The average Bonchev–Trinajstić information content (AvgIpc) is 3.75. The normalized spacial score (nSPS) is 28.1. The number of ether oxygens (including phenoxy) is 2. The van der Waals surface area contributed by atoms with Crippen LogP contribution in [-0.2, 0) is 40.6 Å². The molecule has 1 fully saturated rings. The van der Waals surface area contributed by atoms with Crippen LogP contribution in [0.2, 0.25) is 5.02 Å². The minimum Gasteiger partial charge on any atom is -0.490 e. The van der Waals surface area contributed by atoms with Crippen LogP contribution >= 0.6 is 11.6 Å². The molecule has 2 aromatic carbocycles. The number of halogens is 1. The molecule has 2 aromatic heterocycles. The van der Waals surface area contributed by atoms with E-state index in [1.807, 2.05) is 25.1 Å². The fraction of sp³-hybridized carbons (Fsp3) is 0.439. The Morgan fingerprint density at radius 3 is 2.57 bits per heavy atom. The van der Waals surface area contributed by atoms with E-state index in [2.05, 4.69) is 36.3 Å². The number of rotatable bonds is 4. The van der Waals surface area contributed by atoms with Gasteiger partial charge in [0.15, 0.2) is 0 Å². The third kappa shape index (κ3) is 7.73. The van der Waals surface area contributed by atoms with E-state index in [0.29, 0.717) is 42.5 Å². The lowest BCUT2D eigenvalue weighted by Gasteiger charge is -2.46. The monoisotopic (exact) mass is 799 g/mol. The molecule has 4 heterocycles. The molecule has 2 amide bonds. The fourth-order valence-corrected chi connectivity index (χ4v) is 10.8. The van der Waals surface area contributed by atoms with Crippen LogP contribution in [0.5, 0.6) is 5.75 Å². The van der Waals surface area contributed by atoms with Gasteiger partial charge in [-0.2, -0.15) is 10.2 Å². The largest absolute Gasteiger partial charge is 0.490 e. The van der Waals surface area contributed by atoms with Gasteiger partial charge in [-0.1, -0.05) is 30.7 Å². The first-order valence-corrected chi connectivity index (χ1v) is 21.2. The van der Waals surface area contributed by atoms with Crippen LogP contribution in [0.25, 0.3) is 0 Å². The van der Waals surface area contributed by atoms with E-state index in [0.717, 1.165) is 37.8 Å². The number of carbonyl (C=O) groups excluding carboxylic acids is 3. The van der Waals surface area contributed by atoms with Crippen molar-refractivity contribution in [2.45, 2.75) is 57.0 Å². The third-order valence-corrected chi connectivity index (χ3v) is 13.9. The van der Waals surface area contributed by atoms with Crippen LogP contribution < -0.4 is 14.4 Å². The smallest absolute Gasteiger partial charge is 0.341 e. The molecular formula is C41H46ClN7O6S. The standard InChI is InChI=1S/C41H46ClN7O6S/c1-26-6-4-8-36(55-40(52)31-19-44-48(3)21-31)33-12-9-29(33)22-49-24-41(15-5-7-27-16-32(42)11-13-34(27)41)25-54-37-14-10-28(17-35(37)49)38(50)45-56(53,23-26)46-39(51)30-18-43-47(2)20-30/h4,8,10-11,13-14,16-21,26,29,33,36H,5-7,9,12,15,22-25H2,1-3H3,(H,45,46,50,51,53)/b8-4+/t26-,29-,33+,36-,41-,56?/m0/s1. The second-order valence-corrected chi connectivity index (χ2v) is 18.3. The van der Waals surface area contributed by atoms with Crippen LogP contribution in [0, 0.1) is 17.8 Å². The lowest BCUT2D eigenvalue weighted by Crippen LogP contribution is -2.49. The molecular weight excluding hydrogens is 754 g/mol. The average molecular weight is 800 g/mol. The summed E-state index contributed by atoms with van der Waals surface area (Å²) >= 11 is 6.48. The van der Waals surface area contributed by atoms with Gasteiger partial charge in [-0.25, -0.2) is 9.00 Å². The number of allylic oxidation sites excluding steroid dienone is 1. The topological polar surface area (TPSA) is 150 Å². The molecule has 1 N–H and O–H groups in total. The van der Waals surface area contributed by atoms with Gasteiger partial charge in [0.1, 0.15) is 21.8 Å². The van der Waals surface area contributed by atoms with Crippen molar-refractivity contribution in [2.75, 3.05) is 30.3 Å². The molecule has 2 bridgehead atoms. The molecule has 4 aromatic rings. The Hall–Kier alpha value is -4.95. The number of carbonyl (C=O) groups is 3. The first-order chi connectivity index (χ1) is 26.9. The van der Waals surface area contributed by atoms with Crippen LogP contribution in [0.1, 0.15) is 81.2 Å². The maximum absolute atomic E-state index is 14.6. The zero-order valence-corrected chi connectivity index (χ0v) is 33.3. The number of anilines is 1. The van der Waals surface area contributed by atoms with Gasteiger partial charge in [-0.15, -0.1) is 4.36 Å². The van der Waals surface area contributed by atoms with E-state index in [9.17, 15) is 18.6 Å². The number of amides is 2. The number of nitrogens with zero attached hydrogens (tertiary/aromatic N) is 6. The first-order valence-electron chi connectivity index (χ1n) is 19.1. The molecule has 6 atom stereocenters. The number of aryl methyl sites for hydroxylation is 3. The molecule has 56 heavy (non-hydrogen) atoms. The number of hydrogen-bond donors (Lipinski definition) is 1. The van der Waals surface area contributed by atoms with Crippen molar-refractivity contribution < 1.29 is 28.1 Å². The fourth-order valence-electron chi connectivity index (χ4n) is 8.70. The van der Waals surface area contributed by atoms with Crippen LogP contribution in [-0.4, -0.2) is 73.1 Å². The Balaban J connectivity index is 1.20. The lowest BCUT2D eigenvalue weighted by molar-refractivity contribution is -0.00207. The second-order valence-electron chi connectivity index (χ2n) is 15.9. The van der Waals surface area contributed by atoms with E-state index in [1.165, 1.54) is 34.4 Å². The predicted molar refractivity (Wildman–Crippen MR) is 212 cm³/mol. The molecule has 15 heteroatoms. The molecule has 1 saturated carbocycles. The van der Waals surface area contributed by atoms with Gasteiger partial charge >= 0.3 is 5.97 Å². The van der Waals surface area contributed by atoms with Gasteiger partial charge in [-0.05, 0) is 97.9 Å². The Kier molecular flexibility index (Phi) is 10.3. The van der Waals surface area contributed by atoms with Crippen molar-refractivity contribution in [1.82, 2.24) is 24.3 Å². The zero-order chi connectivity index (χ0) is 39.2. The van der Waals surface area contributed by atoms with Crippen molar-refractivity contribution in [3.8, 4) is 5.75 Å². The molecule has 1 unspecified atom stereocenters. The van der Waals surface area contributed by atoms with Crippen LogP contribution in [0.3, 0.4) is 0 Å². The molecule has 2 aliphatic carbocycles.